The molecule has 200 valence electrons. The summed E-state index contributed by atoms with van der Waals surface area (Å²) in [5.74, 6) is 0.974. The first-order valence-electron chi connectivity index (χ1n) is 12.7. The zero-order valence-electron chi connectivity index (χ0n) is 21.6. The van der Waals surface area contributed by atoms with E-state index in [1.54, 1.807) is 17.0 Å². The molecule has 2 atom stereocenters. The number of carbonyl (C=O) groups is 2. The summed E-state index contributed by atoms with van der Waals surface area (Å²) in [5, 5.41) is 4.30. The highest BCUT2D eigenvalue weighted by Gasteiger charge is 2.30. The number of piperidine rings is 1. The van der Waals surface area contributed by atoms with Crippen LogP contribution in [-0.2, 0) is 20.7 Å². The number of ketones is 1. The van der Waals surface area contributed by atoms with Gasteiger partial charge in [0.1, 0.15) is 11.6 Å². The largest absolute Gasteiger partial charge is 0.453 e. The molecule has 0 aromatic carbocycles. The average Bonchev–Trinajstić information content (AvgIpc) is 2.88. The number of ether oxygens (including phenoxy) is 2. The van der Waals surface area contributed by atoms with E-state index in [1.165, 1.54) is 13.3 Å². The number of hydrogen-bond acceptors (Lipinski definition) is 7. The number of methoxy groups -OCH3 is 1. The molecule has 0 aliphatic carbocycles. The van der Waals surface area contributed by atoms with Crippen LogP contribution in [0.25, 0.3) is 11.3 Å². The Morgan fingerprint density at radius 3 is 2.81 bits per heavy atom. The summed E-state index contributed by atoms with van der Waals surface area (Å²) >= 11 is 13.0. The van der Waals surface area contributed by atoms with E-state index in [1.807, 2.05) is 6.07 Å². The van der Waals surface area contributed by atoms with Crippen molar-refractivity contribution in [1.82, 2.24) is 14.9 Å². The number of hydrogen-bond donors (Lipinski definition) is 1. The number of likely N-dealkylation sites (tertiary alicyclic amines) is 1. The minimum atomic E-state index is -0.404. The lowest BCUT2D eigenvalue weighted by Gasteiger charge is -2.35. The van der Waals surface area contributed by atoms with Gasteiger partial charge in [0.25, 0.3) is 0 Å². The zero-order chi connectivity index (χ0) is 26.6. The maximum absolute atomic E-state index is 13.0. The summed E-state index contributed by atoms with van der Waals surface area (Å²) in [4.78, 5) is 35.6. The van der Waals surface area contributed by atoms with Crippen LogP contribution >= 0.6 is 23.2 Å². The summed E-state index contributed by atoms with van der Waals surface area (Å²) in [7, 11) is 1.35. The van der Waals surface area contributed by atoms with Crippen molar-refractivity contribution in [2.24, 2.45) is 11.8 Å². The second kappa shape index (κ2) is 12.0. The van der Waals surface area contributed by atoms with E-state index < -0.39 is 6.09 Å². The molecule has 0 saturated carbocycles. The van der Waals surface area contributed by atoms with Crippen molar-refractivity contribution in [3.8, 4) is 11.3 Å². The van der Waals surface area contributed by atoms with Crippen molar-refractivity contribution in [3.05, 3.63) is 40.1 Å². The molecule has 0 bridgehead atoms. The molecule has 2 aromatic heterocycles. The fourth-order valence-electron chi connectivity index (χ4n) is 5.13. The van der Waals surface area contributed by atoms with Gasteiger partial charge in [-0.15, -0.1) is 0 Å². The molecule has 0 spiro atoms. The lowest BCUT2D eigenvalue weighted by atomic mass is 9.88. The quantitative estimate of drug-likeness (QED) is 0.477. The molecule has 2 saturated heterocycles. The van der Waals surface area contributed by atoms with Crippen LogP contribution in [0, 0.1) is 11.8 Å². The van der Waals surface area contributed by atoms with E-state index >= 15 is 0 Å². The van der Waals surface area contributed by atoms with Gasteiger partial charge >= 0.3 is 6.09 Å². The smallest absolute Gasteiger partial charge is 0.409 e. The Morgan fingerprint density at radius 2 is 2.05 bits per heavy atom. The van der Waals surface area contributed by atoms with Crippen molar-refractivity contribution in [2.75, 3.05) is 38.7 Å². The Bertz CT molecular complexity index is 1140. The monoisotopic (exact) mass is 548 g/mol. The summed E-state index contributed by atoms with van der Waals surface area (Å²) in [6.45, 7) is 6.74. The summed E-state index contributed by atoms with van der Waals surface area (Å²) in [6, 6.07) is 5.43. The molecule has 1 N–H and O–H groups in total. The molecule has 37 heavy (non-hydrogen) atoms. The summed E-state index contributed by atoms with van der Waals surface area (Å²) in [5.41, 5.74) is 1.63. The molecule has 2 fully saturated rings. The second-order valence-corrected chi connectivity index (χ2v) is 11.2. The zero-order valence-corrected chi connectivity index (χ0v) is 23.1. The number of pyridine rings is 2. The van der Waals surface area contributed by atoms with Gasteiger partial charge in [-0.05, 0) is 63.6 Å². The highest BCUT2D eigenvalue weighted by molar-refractivity contribution is 6.36. The van der Waals surface area contributed by atoms with E-state index in [-0.39, 0.29) is 23.7 Å². The van der Waals surface area contributed by atoms with Crippen LogP contribution in [0.5, 0.6) is 0 Å². The van der Waals surface area contributed by atoms with Gasteiger partial charge < -0.3 is 19.7 Å². The molecule has 4 rings (SSSR count). The van der Waals surface area contributed by atoms with Gasteiger partial charge in [-0.3, -0.25) is 9.78 Å². The van der Waals surface area contributed by atoms with Crippen molar-refractivity contribution in [3.63, 3.8) is 0 Å². The summed E-state index contributed by atoms with van der Waals surface area (Å²) in [6.07, 6.45) is 4.74. The number of halogens is 2. The maximum atomic E-state index is 13.0. The van der Waals surface area contributed by atoms with Gasteiger partial charge in [0.15, 0.2) is 0 Å². The highest BCUT2D eigenvalue weighted by atomic mass is 35.5. The third kappa shape index (κ3) is 7.12. The van der Waals surface area contributed by atoms with E-state index in [0.29, 0.717) is 51.8 Å². The minimum Gasteiger partial charge on any atom is -0.453 e. The van der Waals surface area contributed by atoms with Crippen LogP contribution in [0.1, 0.15) is 45.2 Å². The minimum absolute atomic E-state index is 0.0308. The van der Waals surface area contributed by atoms with Gasteiger partial charge in [0, 0.05) is 56.0 Å². The number of nitrogens with zero attached hydrogens (tertiary/aromatic N) is 3. The molecule has 10 heteroatoms. The SMILES string of the molecule is COC(=O)N1CCC[C@H](C(=O)Cc2cc(-c3nc(NC[C@@H]4CCOC(C)(C)C4)ccc3Cl)c(Cl)cn2)C1. The molecule has 2 aromatic rings. The third-order valence-electron chi connectivity index (χ3n) is 7.05. The highest BCUT2D eigenvalue weighted by Crippen LogP contribution is 2.34. The van der Waals surface area contributed by atoms with Crippen molar-refractivity contribution < 1.29 is 19.1 Å². The Kier molecular flexibility index (Phi) is 8.93. The molecule has 2 aliphatic rings. The molecule has 2 aliphatic heterocycles. The van der Waals surface area contributed by atoms with Crippen LogP contribution in [0.3, 0.4) is 0 Å². The second-order valence-electron chi connectivity index (χ2n) is 10.4. The van der Waals surface area contributed by atoms with Crippen LogP contribution in [-0.4, -0.2) is 65.7 Å². The fraction of sp³-hybridized carbons (Fsp3) is 0.556. The number of Topliss-reactive ketones (excluding diaryl/α,β-unsaturated/α-hetero) is 1. The van der Waals surface area contributed by atoms with Gasteiger partial charge in [0.05, 0.1) is 28.5 Å². The van der Waals surface area contributed by atoms with E-state index in [9.17, 15) is 9.59 Å². The van der Waals surface area contributed by atoms with Crippen LogP contribution < -0.4 is 5.32 Å². The third-order valence-corrected chi connectivity index (χ3v) is 7.66. The van der Waals surface area contributed by atoms with E-state index in [0.717, 1.165) is 38.8 Å². The maximum Gasteiger partial charge on any atom is 0.409 e. The number of rotatable bonds is 7. The van der Waals surface area contributed by atoms with E-state index in [2.05, 4.69) is 24.1 Å². The fourth-order valence-corrected chi connectivity index (χ4v) is 5.53. The predicted molar refractivity (Wildman–Crippen MR) is 144 cm³/mol. The molecule has 1 amide bonds. The van der Waals surface area contributed by atoms with Crippen LogP contribution in [0.2, 0.25) is 10.0 Å². The first kappa shape index (κ1) is 27.6. The molecular formula is C27H34Cl2N4O4. The number of nitrogens with one attached hydrogen (secondary N) is 1. The average molecular weight is 549 g/mol. The van der Waals surface area contributed by atoms with Crippen molar-refractivity contribution in [1.29, 1.82) is 0 Å². The molecule has 4 heterocycles. The van der Waals surface area contributed by atoms with Gasteiger partial charge in [-0.1, -0.05) is 23.2 Å². The Labute approximate surface area is 228 Å². The van der Waals surface area contributed by atoms with Gasteiger partial charge in [-0.25, -0.2) is 9.78 Å². The summed E-state index contributed by atoms with van der Waals surface area (Å²) < 4.78 is 10.6. The van der Waals surface area contributed by atoms with E-state index in [4.69, 9.17) is 37.7 Å². The Balaban J connectivity index is 1.46. The number of amides is 1. The topological polar surface area (TPSA) is 93.7 Å². The Hall–Kier alpha value is -2.42. The van der Waals surface area contributed by atoms with Crippen LogP contribution in [0.4, 0.5) is 10.6 Å². The first-order chi connectivity index (χ1) is 17.6. The first-order valence-corrected chi connectivity index (χ1v) is 13.5. The number of carbonyl (C=O) groups excluding carboxylic acids is 2. The van der Waals surface area contributed by atoms with Crippen molar-refractivity contribution in [2.45, 2.75) is 51.6 Å². The standard InChI is InChI=1S/C27H34Cl2N4O4/c1-27(2)13-17(8-10-37-27)14-31-24-7-6-21(28)25(32-24)20-11-19(30-15-22(20)29)12-23(34)18-5-4-9-33(16-18)26(35)36-3/h6-7,11,15,17-18H,4-5,8-10,12-14,16H2,1-3H3,(H,31,32)/t17-,18+/m1/s1. The lowest BCUT2D eigenvalue weighted by molar-refractivity contribution is -0.123. The van der Waals surface area contributed by atoms with Crippen LogP contribution in [0.15, 0.2) is 24.4 Å². The van der Waals surface area contributed by atoms with Gasteiger partial charge in [0.2, 0.25) is 0 Å². The predicted octanol–water partition coefficient (Wildman–Crippen LogP) is 5.66. The van der Waals surface area contributed by atoms with Gasteiger partial charge in [-0.2, -0.15) is 0 Å². The number of anilines is 1. The normalized spacial score (nSPS) is 21.4. The molecule has 0 radical (unpaired) electrons. The lowest BCUT2D eigenvalue weighted by Crippen LogP contribution is -2.42. The number of aromatic nitrogens is 2. The Morgan fingerprint density at radius 1 is 1.24 bits per heavy atom. The molecule has 0 unspecified atom stereocenters. The van der Waals surface area contributed by atoms with Crippen molar-refractivity contribution >= 4 is 40.9 Å². The molecule has 8 nitrogen and oxygen atoms in total. The molecular weight excluding hydrogens is 515 g/mol.